The summed E-state index contributed by atoms with van der Waals surface area (Å²) in [6.07, 6.45) is 2.73. The monoisotopic (exact) mass is 297 g/mol. The summed E-state index contributed by atoms with van der Waals surface area (Å²) in [5, 5.41) is 20.4. The zero-order valence-corrected chi connectivity index (χ0v) is 11.7. The zero-order chi connectivity index (χ0) is 15.1. The number of carboxylic acids is 1. The molecule has 1 aromatic rings. The van der Waals surface area contributed by atoms with Crippen molar-refractivity contribution in [2.75, 3.05) is 6.61 Å². The number of carbonyl (C=O) groups is 2. The Balaban J connectivity index is 2.67. The Morgan fingerprint density at radius 1 is 1.45 bits per heavy atom. The van der Waals surface area contributed by atoms with E-state index in [2.05, 4.69) is 5.32 Å². The number of hydrogen-bond donors (Lipinski definition) is 3. The molecule has 0 bridgehead atoms. The predicted molar refractivity (Wildman–Crippen MR) is 76.5 cm³/mol. The van der Waals surface area contributed by atoms with Gasteiger partial charge in [0.1, 0.15) is 6.04 Å². The van der Waals surface area contributed by atoms with Crippen molar-refractivity contribution in [3.05, 3.63) is 40.4 Å². The third-order valence-electron chi connectivity index (χ3n) is 2.66. The van der Waals surface area contributed by atoms with E-state index in [0.29, 0.717) is 5.02 Å². The molecule has 108 valence electrons. The van der Waals surface area contributed by atoms with E-state index >= 15 is 0 Å². The summed E-state index contributed by atoms with van der Waals surface area (Å²) < 4.78 is 0. The van der Waals surface area contributed by atoms with Crippen molar-refractivity contribution in [2.24, 2.45) is 0 Å². The molecule has 1 amide bonds. The Kier molecular flexibility index (Phi) is 6.21. The fourth-order valence-corrected chi connectivity index (χ4v) is 1.68. The smallest absolute Gasteiger partial charge is 0.326 e. The number of aliphatic carboxylic acids is 1. The number of halogens is 1. The molecule has 0 radical (unpaired) electrons. The van der Waals surface area contributed by atoms with Crippen LogP contribution in [-0.2, 0) is 9.59 Å². The van der Waals surface area contributed by atoms with E-state index in [1.807, 2.05) is 13.0 Å². The van der Waals surface area contributed by atoms with E-state index in [1.165, 1.54) is 6.08 Å². The van der Waals surface area contributed by atoms with Gasteiger partial charge in [-0.1, -0.05) is 23.7 Å². The number of amides is 1. The molecule has 0 saturated heterocycles. The predicted octanol–water partition coefficient (Wildman–Crippen LogP) is 1.61. The standard InChI is InChI=1S/C14H16ClNO4/c1-9-2-3-10(8-11(9)15)4-5-13(18)16-12(6-7-17)14(19)20/h2-5,8,12,17H,6-7H2,1H3,(H,16,18)(H,19,20). The van der Waals surface area contributed by atoms with Gasteiger partial charge in [-0.25, -0.2) is 4.79 Å². The van der Waals surface area contributed by atoms with Crippen molar-refractivity contribution < 1.29 is 19.8 Å². The maximum absolute atomic E-state index is 11.6. The van der Waals surface area contributed by atoms with Gasteiger partial charge in [0.2, 0.25) is 5.91 Å². The Bertz CT molecular complexity index is 528. The number of hydrogen-bond acceptors (Lipinski definition) is 3. The van der Waals surface area contributed by atoms with Gasteiger partial charge in [0.05, 0.1) is 0 Å². The van der Waals surface area contributed by atoms with E-state index in [1.54, 1.807) is 18.2 Å². The molecule has 0 aromatic heterocycles. The van der Waals surface area contributed by atoms with Gasteiger partial charge in [-0.2, -0.15) is 0 Å². The molecule has 0 spiro atoms. The first kappa shape index (κ1) is 16.2. The summed E-state index contributed by atoms with van der Waals surface area (Å²) in [4.78, 5) is 22.4. The second kappa shape index (κ2) is 7.67. The van der Waals surface area contributed by atoms with Gasteiger partial charge in [0.15, 0.2) is 0 Å². The number of benzene rings is 1. The highest BCUT2D eigenvalue weighted by atomic mass is 35.5. The lowest BCUT2D eigenvalue weighted by Crippen LogP contribution is -2.40. The van der Waals surface area contributed by atoms with Crippen LogP contribution in [0.1, 0.15) is 17.5 Å². The average molecular weight is 298 g/mol. The molecule has 1 unspecified atom stereocenters. The van der Waals surface area contributed by atoms with Crippen molar-refractivity contribution in [1.82, 2.24) is 5.32 Å². The maximum Gasteiger partial charge on any atom is 0.326 e. The van der Waals surface area contributed by atoms with E-state index in [-0.39, 0.29) is 13.0 Å². The van der Waals surface area contributed by atoms with Gasteiger partial charge in [-0.05, 0) is 30.2 Å². The van der Waals surface area contributed by atoms with Gasteiger partial charge >= 0.3 is 5.97 Å². The first-order valence-electron chi connectivity index (χ1n) is 6.02. The third-order valence-corrected chi connectivity index (χ3v) is 3.06. The lowest BCUT2D eigenvalue weighted by molar-refractivity contribution is -0.141. The van der Waals surface area contributed by atoms with Crippen LogP contribution in [0.25, 0.3) is 6.08 Å². The molecule has 1 rings (SSSR count). The highest BCUT2D eigenvalue weighted by Crippen LogP contribution is 2.17. The quantitative estimate of drug-likeness (QED) is 0.696. The minimum absolute atomic E-state index is 0.0364. The van der Waals surface area contributed by atoms with Gasteiger partial charge in [-0.15, -0.1) is 0 Å². The Morgan fingerprint density at radius 3 is 2.70 bits per heavy atom. The zero-order valence-electron chi connectivity index (χ0n) is 11.0. The molecular weight excluding hydrogens is 282 g/mol. The normalized spacial score (nSPS) is 12.3. The highest BCUT2D eigenvalue weighted by Gasteiger charge is 2.17. The molecule has 3 N–H and O–H groups in total. The molecule has 1 aromatic carbocycles. The van der Waals surface area contributed by atoms with Crippen molar-refractivity contribution in [3.63, 3.8) is 0 Å². The fourth-order valence-electron chi connectivity index (χ4n) is 1.49. The molecule has 1 atom stereocenters. The molecule has 20 heavy (non-hydrogen) atoms. The number of carboxylic acid groups (broad SMARTS) is 1. The Labute approximate surface area is 121 Å². The van der Waals surface area contributed by atoms with Crippen molar-refractivity contribution >= 4 is 29.6 Å². The van der Waals surface area contributed by atoms with Crippen LogP contribution in [0.15, 0.2) is 24.3 Å². The van der Waals surface area contributed by atoms with Crippen LogP contribution in [0.2, 0.25) is 5.02 Å². The average Bonchev–Trinajstić information content (AvgIpc) is 2.39. The molecule has 0 saturated carbocycles. The fraction of sp³-hybridized carbons (Fsp3) is 0.286. The first-order chi connectivity index (χ1) is 9.43. The van der Waals surface area contributed by atoms with Crippen LogP contribution in [0.5, 0.6) is 0 Å². The number of nitrogens with one attached hydrogen (secondary N) is 1. The van der Waals surface area contributed by atoms with Crippen LogP contribution in [0, 0.1) is 6.92 Å². The lowest BCUT2D eigenvalue weighted by Gasteiger charge is -2.11. The minimum atomic E-state index is -1.18. The molecule has 0 aliphatic heterocycles. The number of rotatable bonds is 6. The maximum atomic E-state index is 11.6. The summed E-state index contributed by atoms with van der Waals surface area (Å²) in [5.41, 5.74) is 1.67. The van der Waals surface area contributed by atoms with E-state index in [9.17, 15) is 9.59 Å². The van der Waals surface area contributed by atoms with Crippen molar-refractivity contribution in [2.45, 2.75) is 19.4 Å². The largest absolute Gasteiger partial charge is 0.480 e. The highest BCUT2D eigenvalue weighted by molar-refractivity contribution is 6.31. The summed E-state index contributed by atoms with van der Waals surface area (Å²) in [6.45, 7) is 1.56. The lowest BCUT2D eigenvalue weighted by atomic mass is 10.1. The second-order valence-corrected chi connectivity index (χ2v) is 4.66. The number of aryl methyl sites for hydroxylation is 1. The van der Waals surface area contributed by atoms with Crippen molar-refractivity contribution in [3.8, 4) is 0 Å². The van der Waals surface area contributed by atoms with Gasteiger partial charge in [0.25, 0.3) is 0 Å². The molecule has 0 aliphatic carbocycles. The molecule has 0 fully saturated rings. The van der Waals surface area contributed by atoms with Crippen LogP contribution in [0.3, 0.4) is 0 Å². The summed E-state index contributed by atoms with van der Waals surface area (Å²) in [7, 11) is 0. The Morgan fingerprint density at radius 2 is 2.15 bits per heavy atom. The second-order valence-electron chi connectivity index (χ2n) is 4.25. The van der Waals surface area contributed by atoms with Crippen LogP contribution >= 0.6 is 11.6 Å². The Hall–Kier alpha value is -1.85. The van der Waals surface area contributed by atoms with Crippen molar-refractivity contribution in [1.29, 1.82) is 0 Å². The van der Waals surface area contributed by atoms with Crippen LogP contribution in [-0.4, -0.2) is 34.7 Å². The molecule has 0 heterocycles. The van der Waals surface area contributed by atoms with Crippen LogP contribution < -0.4 is 5.32 Å². The first-order valence-corrected chi connectivity index (χ1v) is 6.40. The minimum Gasteiger partial charge on any atom is -0.480 e. The van der Waals surface area contributed by atoms with E-state index < -0.39 is 17.9 Å². The van der Waals surface area contributed by atoms with Gasteiger partial charge in [0, 0.05) is 24.1 Å². The molecule has 6 heteroatoms. The van der Waals surface area contributed by atoms with Gasteiger partial charge < -0.3 is 15.5 Å². The topological polar surface area (TPSA) is 86.6 Å². The number of aliphatic hydroxyl groups excluding tert-OH is 1. The summed E-state index contributed by atoms with van der Waals surface area (Å²) >= 11 is 5.96. The summed E-state index contributed by atoms with van der Waals surface area (Å²) in [6, 6.07) is 4.24. The number of carbonyl (C=O) groups excluding carboxylic acids is 1. The van der Waals surface area contributed by atoms with E-state index in [0.717, 1.165) is 11.1 Å². The van der Waals surface area contributed by atoms with Gasteiger partial charge in [-0.3, -0.25) is 4.79 Å². The SMILES string of the molecule is Cc1ccc(C=CC(=O)NC(CCO)C(=O)O)cc1Cl. The summed E-state index contributed by atoms with van der Waals surface area (Å²) in [5.74, 6) is -1.72. The molecule has 5 nitrogen and oxygen atoms in total. The molecular formula is C14H16ClNO4. The molecule has 0 aliphatic rings. The van der Waals surface area contributed by atoms with Crippen LogP contribution in [0.4, 0.5) is 0 Å². The third kappa shape index (κ3) is 5.03. The number of aliphatic hydroxyl groups is 1. The van der Waals surface area contributed by atoms with E-state index in [4.69, 9.17) is 21.8 Å².